The highest BCUT2D eigenvalue weighted by atomic mass is 16.5. The van der Waals surface area contributed by atoms with E-state index in [1.807, 2.05) is 12.1 Å². The molecule has 1 aromatic carbocycles. The lowest BCUT2D eigenvalue weighted by Crippen LogP contribution is -2.54. The van der Waals surface area contributed by atoms with Gasteiger partial charge in [0.15, 0.2) is 0 Å². The van der Waals surface area contributed by atoms with Gasteiger partial charge in [0, 0.05) is 5.69 Å². The first-order valence-electron chi connectivity index (χ1n) is 9.86. The Kier molecular flexibility index (Phi) is 8.61. The predicted octanol–water partition coefficient (Wildman–Crippen LogP) is 2.05. The van der Waals surface area contributed by atoms with Crippen molar-refractivity contribution >= 4 is 23.5 Å². The molecule has 0 saturated heterocycles. The Morgan fingerprint density at radius 1 is 1.37 bits per heavy atom. The van der Waals surface area contributed by atoms with Crippen molar-refractivity contribution in [2.45, 2.75) is 38.8 Å². The number of amides is 1. The van der Waals surface area contributed by atoms with Crippen LogP contribution in [0.5, 0.6) is 0 Å². The van der Waals surface area contributed by atoms with Crippen molar-refractivity contribution < 1.29 is 29.0 Å². The molecule has 2 N–H and O–H groups in total. The molecule has 0 aromatic heterocycles. The van der Waals surface area contributed by atoms with Gasteiger partial charge in [-0.1, -0.05) is 24.8 Å². The van der Waals surface area contributed by atoms with Gasteiger partial charge in [-0.2, -0.15) is 0 Å². The molecule has 1 heterocycles. The molecule has 0 fully saturated rings. The largest absolute Gasteiger partial charge is 0.492 e. The summed E-state index contributed by atoms with van der Waals surface area (Å²) in [6, 6.07) is 5.53. The van der Waals surface area contributed by atoms with Gasteiger partial charge in [0.2, 0.25) is 5.91 Å². The Hall–Kier alpha value is -3.13. The third-order valence-corrected chi connectivity index (χ3v) is 4.72. The number of carbonyl (C=O) groups is 3. The lowest BCUT2D eigenvalue weighted by atomic mass is 10.1. The van der Waals surface area contributed by atoms with Crippen molar-refractivity contribution in [1.82, 2.24) is 5.32 Å². The van der Waals surface area contributed by atoms with Gasteiger partial charge in [-0.05, 0) is 50.5 Å². The second-order valence-electron chi connectivity index (χ2n) is 6.72. The fraction of sp³-hybridized carbons (Fsp3) is 0.409. The number of para-hydroxylation sites is 1. The van der Waals surface area contributed by atoms with Crippen LogP contribution in [0.4, 0.5) is 5.69 Å². The van der Waals surface area contributed by atoms with Crippen molar-refractivity contribution in [2.75, 3.05) is 24.7 Å². The van der Waals surface area contributed by atoms with Gasteiger partial charge in [-0.25, -0.2) is 0 Å². The molecule has 30 heavy (non-hydrogen) atoms. The lowest BCUT2D eigenvalue weighted by molar-refractivity contribution is -0.147. The first kappa shape index (κ1) is 23.2. The molecule has 8 nitrogen and oxygen atoms in total. The van der Waals surface area contributed by atoms with E-state index in [9.17, 15) is 19.5 Å². The second-order valence-corrected chi connectivity index (χ2v) is 6.72. The maximum absolute atomic E-state index is 13.2. The predicted molar refractivity (Wildman–Crippen MR) is 112 cm³/mol. The average molecular weight is 416 g/mol. The van der Waals surface area contributed by atoms with Crippen molar-refractivity contribution in [2.24, 2.45) is 0 Å². The van der Waals surface area contributed by atoms with Crippen molar-refractivity contribution in [3.05, 3.63) is 54.3 Å². The fourth-order valence-electron chi connectivity index (χ4n) is 3.28. The monoisotopic (exact) mass is 416 g/mol. The fourth-order valence-corrected chi connectivity index (χ4v) is 3.28. The van der Waals surface area contributed by atoms with E-state index in [4.69, 9.17) is 9.47 Å². The number of rotatable bonds is 10. The summed E-state index contributed by atoms with van der Waals surface area (Å²) in [5.41, 5.74) is 1.45. The highest BCUT2D eigenvalue weighted by Crippen LogP contribution is 2.27. The molecular weight excluding hydrogens is 388 g/mol. The van der Waals surface area contributed by atoms with Crippen LogP contribution in [-0.2, 0) is 30.3 Å². The van der Waals surface area contributed by atoms with E-state index >= 15 is 0 Å². The molecule has 8 heteroatoms. The number of aryl methyl sites for hydroxylation is 1. The van der Waals surface area contributed by atoms with Crippen LogP contribution in [0.2, 0.25) is 0 Å². The number of hydrogen-bond donors (Lipinski definition) is 2. The standard InChI is InChI=1S/C22H28N2O6/c1-4-16(5-2)30-14-18(22(28)29-6-3)23-17-12-11-15-9-7-8-10-19(15)24(21(17)27)13-20(25)26/h4-5,7-10,17-18,23H,1,6,11-14H2,2-3H3,(H,25,26)/b16-5+. The lowest BCUT2D eigenvalue weighted by Gasteiger charge is -2.27. The van der Waals surface area contributed by atoms with Crippen LogP contribution in [0, 0.1) is 0 Å². The van der Waals surface area contributed by atoms with E-state index < -0.39 is 36.5 Å². The molecule has 1 aromatic rings. The van der Waals surface area contributed by atoms with Crippen LogP contribution in [0.1, 0.15) is 25.8 Å². The van der Waals surface area contributed by atoms with E-state index in [0.717, 1.165) is 5.56 Å². The topological polar surface area (TPSA) is 105 Å². The zero-order valence-corrected chi connectivity index (χ0v) is 17.3. The molecular formula is C22H28N2O6. The van der Waals surface area contributed by atoms with Gasteiger partial charge >= 0.3 is 11.9 Å². The maximum atomic E-state index is 13.2. The van der Waals surface area contributed by atoms with Crippen LogP contribution < -0.4 is 10.2 Å². The number of carboxylic acids is 1. The van der Waals surface area contributed by atoms with Gasteiger partial charge in [0.1, 0.15) is 25.0 Å². The number of carbonyl (C=O) groups excluding carboxylic acids is 2. The summed E-state index contributed by atoms with van der Waals surface area (Å²) < 4.78 is 10.7. The summed E-state index contributed by atoms with van der Waals surface area (Å²) in [4.78, 5) is 38.3. The van der Waals surface area contributed by atoms with E-state index in [1.54, 1.807) is 32.1 Å². The minimum atomic E-state index is -1.12. The molecule has 0 aliphatic carbocycles. The van der Waals surface area contributed by atoms with Gasteiger partial charge < -0.3 is 14.6 Å². The zero-order chi connectivity index (χ0) is 22.1. The Morgan fingerprint density at radius 3 is 2.73 bits per heavy atom. The summed E-state index contributed by atoms with van der Waals surface area (Å²) >= 11 is 0. The molecule has 1 amide bonds. The van der Waals surface area contributed by atoms with Crippen LogP contribution in [0.15, 0.2) is 48.8 Å². The Labute approximate surface area is 176 Å². The Morgan fingerprint density at radius 2 is 2.10 bits per heavy atom. The molecule has 0 bridgehead atoms. The Bertz CT molecular complexity index is 820. The van der Waals surface area contributed by atoms with E-state index in [2.05, 4.69) is 11.9 Å². The third-order valence-electron chi connectivity index (χ3n) is 4.72. The number of esters is 1. The van der Waals surface area contributed by atoms with E-state index in [1.165, 1.54) is 11.0 Å². The molecule has 1 aliphatic rings. The summed E-state index contributed by atoms with van der Waals surface area (Å²) in [6.45, 7) is 6.78. The Balaban J connectivity index is 2.25. The quantitative estimate of drug-likeness (QED) is 0.342. The number of hydrogen-bond acceptors (Lipinski definition) is 6. The summed E-state index contributed by atoms with van der Waals surface area (Å²) in [7, 11) is 0. The van der Waals surface area contributed by atoms with E-state index in [-0.39, 0.29) is 13.2 Å². The summed E-state index contributed by atoms with van der Waals surface area (Å²) in [5.74, 6) is -1.58. The number of ether oxygens (including phenoxy) is 2. The molecule has 2 rings (SSSR count). The molecule has 0 spiro atoms. The second kappa shape index (κ2) is 11.2. The number of nitrogens with zero attached hydrogens (tertiary/aromatic N) is 1. The number of aliphatic carboxylic acids is 1. The van der Waals surface area contributed by atoms with Crippen molar-refractivity contribution in [3.63, 3.8) is 0 Å². The van der Waals surface area contributed by atoms with Gasteiger partial charge in [-0.15, -0.1) is 0 Å². The molecule has 0 radical (unpaired) electrons. The molecule has 1 aliphatic heterocycles. The summed E-state index contributed by atoms with van der Waals surface area (Å²) in [6.07, 6.45) is 4.18. The SMILES string of the molecule is C=C/C(=C\C)OCC(NC1CCc2ccccc2N(CC(=O)O)C1=O)C(=O)OCC. The van der Waals surface area contributed by atoms with Gasteiger partial charge in [0.05, 0.1) is 12.6 Å². The van der Waals surface area contributed by atoms with E-state index in [0.29, 0.717) is 24.3 Å². The van der Waals surface area contributed by atoms with Crippen LogP contribution >= 0.6 is 0 Å². The summed E-state index contributed by atoms with van der Waals surface area (Å²) in [5, 5.41) is 12.3. The van der Waals surface area contributed by atoms with Gasteiger partial charge in [0.25, 0.3) is 0 Å². The smallest absolute Gasteiger partial charge is 0.326 e. The molecule has 0 saturated carbocycles. The van der Waals surface area contributed by atoms with Crippen molar-refractivity contribution in [3.8, 4) is 0 Å². The maximum Gasteiger partial charge on any atom is 0.326 e. The number of nitrogens with one attached hydrogen (secondary N) is 1. The minimum absolute atomic E-state index is 0.0554. The van der Waals surface area contributed by atoms with Gasteiger partial charge in [-0.3, -0.25) is 24.6 Å². The number of anilines is 1. The highest BCUT2D eigenvalue weighted by Gasteiger charge is 2.34. The number of fused-ring (bicyclic) bond motifs is 1. The van der Waals surface area contributed by atoms with Crippen molar-refractivity contribution in [1.29, 1.82) is 0 Å². The molecule has 162 valence electrons. The number of carboxylic acid groups (broad SMARTS) is 1. The van der Waals surface area contributed by atoms with Crippen LogP contribution in [0.25, 0.3) is 0 Å². The number of benzene rings is 1. The normalized spacial score (nSPS) is 17.5. The van der Waals surface area contributed by atoms with Crippen LogP contribution in [-0.4, -0.2) is 54.8 Å². The zero-order valence-electron chi connectivity index (χ0n) is 17.3. The minimum Gasteiger partial charge on any atom is -0.492 e. The number of allylic oxidation sites excluding steroid dienone is 2. The molecule has 2 unspecified atom stereocenters. The molecule has 2 atom stereocenters. The third kappa shape index (κ3) is 5.93. The average Bonchev–Trinajstić information content (AvgIpc) is 2.85. The highest BCUT2D eigenvalue weighted by molar-refractivity contribution is 6.02. The van der Waals surface area contributed by atoms with Crippen LogP contribution in [0.3, 0.4) is 0 Å². The first-order valence-corrected chi connectivity index (χ1v) is 9.86. The first-order chi connectivity index (χ1) is 14.4.